The van der Waals surface area contributed by atoms with Gasteiger partial charge in [0.25, 0.3) is 0 Å². The van der Waals surface area contributed by atoms with E-state index in [1.807, 2.05) is 0 Å². The quantitative estimate of drug-likeness (QED) is 0.416. The first kappa shape index (κ1) is 8.99. The van der Waals surface area contributed by atoms with Gasteiger partial charge in [-0.2, -0.15) is 0 Å². The summed E-state index contributed by atoms with van der Waals surface area (Å²) in [6.45, 7) is 0. The number of hydrogen-bond acceptors (Lipinski definition) is 2. The summed E-state index contributed by atoms with van der Waals surface area (Å²) in [4.78, 5) is 8.56. The smallest absolute Gasteiger partial charge is 0.450 e. The van der Waals surface area contributed by atoms with Gasteiger partial charge in [-0.15, -0.1) is 0 Å². The Morgan fingerprint density at radius 3 is 1.33 bits per heavy atom. The lowest BCUT2D eigenvalue weighted by molar-refractivity contribution is 0.137. The molecule has 0 aromatic carbocycles. The summed E-state index contributed by atoms with van der Waals surface area (Å²) in [6, 6.07) is 0. The van der Waals surface area contributed by atoms with Crippen molar-refractivity contribution in [1.82, 2.24) is 0 Å². The summed E-state index contributed by atoms with van der Waals surface area (Å²) in [5.74, 6) is 0. The molecule has 0 heterocycles. The molecule has 0 aliphatic heterocycles. The summed E-state index contributed by atoms with van der Waals surface area (Å²) >= 11 is 0. The van der Waals surface area contributed by atoms with Gasteiger partial charge in [0.2, 0.25) is 0 Å². The molecule has 0 fully saturated rings. The fourth-order valence-electron chi connectivity index (χ4n) is 0. The lowest BCUT2D eigenvalue weighted by Crippen LogP contribution is -1.81. The molecule has 4 nitrogen and oxygen atoms in total. The molecule has 0 aliphatic carbocycles. The van der Waals surface area contributed by atoms with Crippen molar-refractivity contribution >= 4 is 16.3 Å². The number of rotatable bonds is 0. The van der Waals surface area contributed by atoms with E-state index in [-0.39, 0.29) is 0 Å². The van der Waals surface area contributed by atoms with Gasteiger partial charge in [-0.1, -0.05) is 0 Å². The molecule has 0 unspecified atom stereocenters. The highest BCUT2D eigenvalue weighted by molar-refractivity contribution is 5.85. The van der Waals surface area contributed by atoms with Crippen molar-refractivity contribution in [2.45, 2.75) is 0 Å². The molecule has 0 atom stereocenters. The van der Waals surface area contributed by atoms with E-state index in [2.05, 4.69) is 0 Å². The standard InChI is InChI=1S/CH2O3.OSi/c2-1(3)4;1-2/h(H2,2,3,4);. The third kappa shape index (κ3) is 33.8. The zero-order valence-electron chi connectivity index (χ0n) is 2.71. The zero-order chi connectivity index (χ0) is 5.58. The van der Waals surface area contributed by atoms with Crippen LogP contribution in [0.15, 0.2) is 0 Å². The van der Waals surface area contributed by atoms with Crippen LogP contribution in [-0.2, 0) is 4.46 Å². The lowest BCUT2D eigenvalue weighted by atomic mass is 11.5. The van der Waals surface area contributed by atoms with Crippen molar-refractivity contribution in [2.24, 2.45) is 0 Å². The van der Waals surface area contributed by atoms with E-state index in [4.69, 9.17) is 19.5 Å². The molecule has 6 heavy (non-hydrogen) atoms. The Bertz CT molecular complexity index is 38.8. The van der Waals surface area contributed by atoms with Crippen LogP contribution in [0.4, 0.5) is 4.79 Å². The first-order chi connectivity index (χ1) is 2.73. The highest BCUT2D eigenvalue weighted by Gasteiger charge is 1.70. The van der Waals surface area contributed by atoms with E-state index >= 15 is 0 Å². The molecule has 0 aromatic rings. The molecule has 5 heteroatoms. The predicted molar refractivity (Wildman–Crippen MR) is 17.1 cm³/mol. The second kappa shape index (κ2) is 8.86. The fourth-order valence-corrected chi connectivity index (χ4v) is 0. The minimum Gasteiger partial charge on any atom is -0.450 e. The minimum absolute atomic E-state index is 1.72. The molecule has 2 N–H and O–H groups in total. The van der Waals surface area contributed by atoms with E-state index in [0.717, 1.165) is 0 Å². The van der Waals surface area contributed by atoms with Crippen molar-refractivity contribution in [3.63, 3.8) is 0 Å². The first-order valence-corrected chi connectivity index (χ1v) is 1.26. The Kier molecular flexibility index (Phi) is 13.3. The van der Waals surface area contributed by atoms with Gasteiger partial charge in [0.15, 0.2) is 0 Å². The van der Waals surface area contributed by atoms with Crippen LogP contribution in [0.5, 0.6) is 0 Å². The largest absolute Gasteiger partial charge is 0.503 e. The van der Waals surface area contributed by atoms with Crippen LogP contribution in [0.3, 0.4) is 0 Å². The summed E-state index contributed by atoms with van der Waals surface area (Å²) < 4.78 is 8.06. The molecule has 0 amide bonds. The van der Waals surface area contributed by atoms with Crippen LogP contribution in [0.25, 0.3) is 0 Å². The van der Waals surface area contributed by atoms with Crippen LogP contribution >= 0.6 is 0 Å². The van der Waals surface area contributed by atoms with E-state index in [1.165, 1.54) is 0 Å². The third-order valence-corrected chi connectivity index (χ3v) is 0. The highest BCUT2D eigenvalue weighted by atomic mass is 28.1. The summed E-state index contributed by atoms with van der Waals surface area (Å²) in [5.41, 5.74) is 0. The van der Waals surface area contributed by atoms with Crippen LogP contribution in [0.1, 0.15) is 0 Å². The van der Waals surface area contributed by atoms with E-state index < -0.39 is 6.16 Å². The highest BCUT2D eigenvalue weighted by Crippen LogP contribution is 1.42. The lowest BCUT2D eigenvalue weighted by Gasteiger charge is -1.60. The maximum Gasteiger partial charge on any atom is 0.503 e. The Labute approximate surface area is 36.9 Å². The Hall–Kier alpha value is -0.713. The van der Waals surface area contributed by atoms with Gasteiger partial charge in [-0.3, -0.25) is 0 Å². The molecule has 0 bridgehead atoms. The predicted octanol–water partition coefficient (Wildman–Crippen LogP) is -0.277. The first-order valence-electron chi connectivity index (χ1n) is 0.855. The van der Waals surface area contributed by atoms with E-state index in [9.17, 15) is 0 Å². The van der Waals surface area contributed by atoms with Gasteiger partial charge < -0.3 is 14.7 Å². The summed E-state index contributed by atoms with van der Waals surface area (Å²) in [6.07, 6.45) is -1.83. The number of hydrogen-bond donors (Lipinski definition) is 2. The molecule has 34 valence electrons. The molecule has 2 radical (unpaired) electrons. The van der Waals surface area contributed by atoms with Crippen molar-refractivity contribution in [3.05, 3.63) is 0 Å². The SMILES string of the molecule is O=C(O)O.O=[Si]. The van der Waals surface area contributed by atoms with Crippen LogP contribution in [0.2, 0.25) is 0 Å². The maximum absolute atomic E-state index is 8.56. The van der Waals surface area contributed by atoms with Gasteiger partial charge in [-0.05, 0) is 0 Å². The average Bonchev–Trinajstić information content (AvgIpc) is 1.41. The molecule has 0 aliphatic rings. The number of carbonyl (C=O) groups is 1. The Morgan fingerprint density at radius 1 is 1.33 bits per heavy atom. The zero-order valence-corrected chi connectivity index (χ0v) is 3.71. The van der Waals surface area contributed by atoms with Gasteiger partial charge in [-0.25, -0.2) is 4.79 Å². The van der Waals surface area contributed by atoms with Gasteiger partial charge in [0, 0.05) is 0 Å². The van der Waals surface area contributed by atoms with Gasteiger partial charge in [0.05, 0.1) is 0 Å². The Morgan fingerprint density at radius 2 is 1.33 bits per heavy atom. The normalized spacial score (nSPS) is 4.67. The Balaban J connectivity index is 0. The van der Waals surface area contributed by atoms with Crippen LogP contribution in [-0.4, -0.2) is 26.5 Å². The molecule has 0 aromatic heterocycles. The molecule has 0 saturated carbocycles. The molecule has 0 rings (SSSR count). The third-order valence-electron chi connectivity index (χ3n) is 0. The molecule has 0 spiro atoms. The van der Waals surface area contributed by atoms with Crippen molar-refractivity contribution in [1.29, 1.82) is 0 Å². The molecular formula is CH2O4Si. The topological polar surface area (TPSA) is 74.6 Å². The van der Waals surface area contributed by atoms with Crippen LogP contribution in [0, 0.1) is 0 Å². The molecule has 0 saturated heterocycles. The monoisotopic (exact) mass is 106 g/mol. The van der Waals surface area contributed by atoms with Crippen LogP contribution < -0.4 is 0 Å². The van der Waals surface area contributed by atoms with Gasteiger partial charge in [0.1, 0.15) is 0 Å². The average molecular weight is 106 g/mol. The molecular weight excluding hydrogens is 104 g/mol. The fraction of sp³-hybridized carbons (Fsp3) is 0. The van der Waals surface area contributed by atoms with Crippen molar-refractivity contribution in [2.75, 3.05) is 0 Å². The maximum atomic E-state index is 8.56. The van der Waals surface area contributed by atoms with Crippen molar-refractivity contribution in [3.8, 4) is 0 Å². The number of carboxylic acid groups (broad SMARTS) is 2. The second-order valence-electron chi connectivity index (χ2n) is 0.283. The summed E-state index contributed by atoms with van der Waals surface area (Å²) in [7, 11) is 1.72. The van der Waals surface area contributed by atoms with E-state index in [0.29, 0.717) is 0 Å². The van der Waals surface area contributed by atoms with Gasteiger partial charge >= 0.3 is 16.3 Å². The summed E-state index contributed by atoms with van der Waals surface area (Å²) in [5, 5.41) is 13.9. The van der Waals surface area contributed by atoms with Crippen molar-refractivity contribution < 1.29 is 19.5 Å². The second-order valence-corrected chi connectivity index (χ2v) is 0.283. The van der Waals surface area contributed by atoms with E-state index in [1.54, 1.807) is 10.1 Å². The minimum atomic E-state index is -1.83.